The SMILES string of the molecule is CC(CN)CC1CCC1C. The van der Waals surface area contributed by atoms with Crippen LogP contribution in [0.3, 0.4) is 0 Å². The van der Waals surface area contributed by atoms with E-state index in [4.69, 9.17) is 5.73 Å². The van der Waals surface area contributed by atoms with Gasteiger partial charge >= 0.3 is 0 Å². The summed E-state index contributed by atoms with van der Waals surface area (Å²) >= 11 is 0. The lowest BCUT2D eigenvalue weighted by atomic mass is 9.71. The normalized spacial score (nSPS) is 35.1. The van der Waals surface area contributed by atoms with Crippen LogP contribution >= 0.6 is 0 Å². The van der Waals surface area contributed by atoms with Gasteiger partial charge in [-0.15, -0.1) is 0 Å². The third kappa shape index (κ3) is 1.72. The van der Waals surface area contributed by atoms with Crippen molar-refractivity contribution in [2.45, 2.75) is 33.1 Å². The van der Waals surface area contributed by atoms with E-state index in [0.717, 1.165) is 24.3 Å². The van der Waals surface area contributed by atoms with Gasteiger partial charge in [0.25, 0.3) is 0 Å². The number of hydrogen-bond acceptors (Lipinski definition) is 1. The van der Waals surface area contributed by atoms with Crippen molar-refractivity contribution >= 4 is 0 Å². The Kier molecular flexibility index (Phi) is 2.72. The van der Waals surface area contributed by atoms with Crippen LogP contribution < -0.4 is 5.73 Å². The Labute approximate surface area is 64.0 Å². The first-order valence-corrected chi connectivity index (χ1v) is 4.44. The van der Waals surface area contributed by atoms with Crippen LogP contribution in [0, 0.1) is 17.8 Å². The van der Waals surface area contributed by atoms with Gasteiger partial charge in [0.15, 0.2) is 0 Å². The van der Waals surface area contributed by atoms with Crippen molar-refractivity contribution in [1.29, 1.82) is 0 Å². The Morgan fingerprint density at radius 3 is 2.50 bits per heavy atom. The first kappa shape index (κ1) is 8.06. The molecule has 0 spiro atoms. The Hall–Kier alpha value is -0.0400. The van der Waals surface area contributed by atoms with Gasteiger partial charge in [-0.2, -0.15) is 0 Å². The molecule has 1 heteroatoms. The zero-order valence-corrected chi connectivity index (χ0v) is 7.14. The summed E-state index contributed by atoms with van der Waals surface area (Å²) in [5.41, 5.74) is 5.54. The third-order valence-electron chi connectivity index (χ3n) is 2.91. The van der Waals surface area contributed by atoms with E-state index in [1.807, 2.05) is 0 Å². The average Bonchev–Trinajstić information content (AvgIpc) is 1.96. The van der Waals surface area contributed by atoms with Crippen LogP contribution in [0.5, 0.6) is 0 Å². The molecule has 1 aliphatic carbocycles. The highest BCUT2D eigenvalue weighted by Crippen LogP contribution is 2.37. The maximum Gasteiger partial charge on any atom is -0.00514 e. The standard InChI is InChI=1S/C9H19N/c1-7(6-10)5-9-4-3-8(9)2/h7-9H,3-6,10H2,1-2H3. The highest BCUT2D eigenvalue weighted by atomic mass is 14.5. The van der Waals surface area contributed by atoms with E-state index < -0.39 is 0 Å². The molecule has 3 atom stereocenters. The van der Waals surface area contributed by atoms with Gasteiger partial charge in [-0.25, -0.2) is 0 Å². The maximum absolute atomic E-state index is 5.54. The highest BCUT2D eigenvalue weighted by molar-refractivity contribution is 4.78. The molecule has 10 heavy (non-hydrogen) atoms. The predicted octanol–water partition coefficient (Wildman–Crippen LogP) is 2.02. The minimum atomic E-state index is 0.743. The van der Waals surface area contributed by atoms with Gasteiger partial charge in [0.2, 0.25) is 0 Å². The van der Waals surface area contributed by atoms with Crippen molar-refractivity contribution in [2.24, 2.45) is 23.5 Å². The van der Waals surface area contributed by atoms with Crippen molar-refractivity contribution in [3.05, 3.63) is 0 Å². The molecule has 1 nitrogen and oxygen atoms in total. The summed E-state index contributed by atoms with van der Waals surface area (Å²) < 4.78 is 0. The molecule has 0 aromatic carbocycles. The lowest BCUT2D eigenvalue weighted by molar-refractivity contribution is 0.162. The molecule has 1 rings (SSSR count). The summed E-state index contributed by atoms with van der Waals surface area (Å²) in [5.74, 6) is 2.72. The van der Waals surface area contributed by atoms with E-state index in [1.165, 1.54) is 19.3 Å². The van der Waals surface area contributed by atoms with Crippen molar-refractivity contribution in [3.8, 4) is 0 Å². The molecule has 2 N–H and O–H groups in total. The summed E-state index contributed by atoms with van der Waals surface area (Å²) in [6.45, 7) is 5.48. The molecule has 3 unspecified atom stereocenters. The quantitative estimate of drug-likeness (QED) is 0.639. The summed E-state index contributed by atoms with van der Waals surface area (Å²) in [6.07, 6.45) is 4.26. The molecule has 0 amide bonds. The Bertz CT molecular complexity index is 101. The van der Waals surface area contributed by atoms with E-state index in [9.17, 15) is 0 Å². The van der Waals surface area contributed by atoms with Crippen LogP contribution in [0.2, 0.25) is 0 Å². The number of rotatable bonds is 3. The predicted molar refractivity (Wildman–Crippen MR) is 44.7 cm³/mol. The molecule has 1 saturated carbocycles. The zero-order valence-electron chi connectivity index (χ0n) is 7.14. The van der Waals surface area contributed by atoms with E-state index in [0.29, 0.717) is 0 Å². The number of hydrogen-bond donors (Lipinski definition) is 1. The Morgan fingerprint density at radius 1 is 1.50 bits per heavy atom. The zero-order chi connectivity index (χ0) is 7.56. The van der Waals surface area contributed by atoms with Crippen LogP contribution in [0.15, 0.2) is 0 Å². The summed E-state index contributed by atoms with van der Waals surface area (Å²) in [6, 6.07) is 0. The molecule has 60 valence electrons. The van der Waals surface area contributed by atoms with E-state index in [2.05, 4.69) is 13.8 Å². The second-order valence-corrected chi connectivity index (χ2v) is 3.89. The third-order valence-corrected chi connectivity index (χ3v) is 2.91. The Balaban J connectivity index is 2.12. The Morgan fingerprint density at radius 2 is 2.20 bits per heavy atom. The minimum Gasteiger partial charge on any atom is -0.330 e. The molecule has 0 heterocycles. The summed E-state index contributed by atoms with van der Waals surface area (Å²) in [7, 11) is 0. The van der Waals surface area contributed by atoms with Crippen LogP contribution in [-0.2, 0) is 0 Å². The first-order chi connectivity index (χ1) is 4.74. The molecular formula is C9H19N. The van der Waals surface area contributed by atoms with Crippen LogP contribution in [0.1, 0.15) is 33.1 Å². The topological polar surface area (TPSA) is 26.0 Å². The molecule has 0 bridgehead atoms. The lowest BCUT2D eigenvalue weighted by Gasteiger charge is -2.35. The molecule has 0 saturated heterocycles. The van der Waals surface area contributed by atoms with E-state index >= 15 is 0 Å². The second kappa shape index (κ2) is 3.38. The van der Waals surface area contributed by atoms with Crippen LogP contribution in [0.4, 0.5) is 0 Å². The fraction of sp³-hybridized carbons (Fsp3) is 1.00. The van der Waals surface area contributed by atoms with Gasteiger partial charge in [0.05, 0.1) is 0 Å². The van der Waals surface area contributed by atoms with E-state index in [1.54, 1.807) is 0 Å². The van der Waals surface area contributed by atoms with Crippen LogP contribution in [-0.4, -0.2) is 6.54 Å². The first-order valence-electron chi connectivity index (χ1n) is 4.44. The molecule has 0 aromatic rings. The summed E-state index contributed by atoms with van der Waals surface area (Å²) in [5, 5.41) is 0. The van der Waals surface area contributed by atoms with Gasteiger partial charge < -0.3 is 5.73 Å². The fourth-order valence-corrected chi connectivity index (χ4v) is 1.70. The minimum absolute atomic E-state index is 0.743. The molecule has 1 fully saturated rings. The van der Waals surface area contributed by atoms with Crippen molar-refractivity contribution in [2.75, 3.05) is 6.54 Å². The maximum atomic E-state index is 5.54. The van der Waals surface area contributed by atoms with Gasteiger partial charge in [0, 0.05) is 0 Å². The molecule has 1 aliphatic rings. The van der Waals surface area contributed by atoms with Crippen LogP contribution in [0.25, 0.3) is 0 Å². The molecule has 0 radical (unpaired) electrons. The number of nitrogens with two attached hydrogens (primary N) is 1. The van der Waals surface area contributed by atoms with Gasteiger partial charge in [0.1, 0.15) is 0 Å². The smallest absolute Gasteiger partial charge is 0.00514 e. The lowest BCUT2D eigenvalue weighted by Crippen LogP contribution is -2.26. The highest BCUT2D eigenvalue weighted by Gasteiger charge is 2.27. The van der Waals surface area contributed by atoms with Gasteiger partial charge in [-0.3, -0.25) is 0 Å². The van der Waals surface area contributed by atoms with Crippen molar-refractivity contribution in [1.82, 2.24) is 0 Å². The van der Waals surface area contributed by atoms with Crippen molar-refractivity contribution < 1.29 is 0 Å². The van der Waals surface area contributed by atoms with Gasteiger partial charge in [-0.05, 0) is 37.1 Å². The molecule has 0 aromatic heterocycles. The fourth-order valence-electron chi connectivity index (χ4n) is 1.70. The van der Waals surface area contributed by atoms with Gasteiger partial charge in [-0.1, -0.05) is 20.3 Å². The second-order valence-electron chi connectivity index (χ2n) is 3.89. The summed E-state index contributed by atoms with van der Waals surface area (Å²) in [4.78, 5) is 0. The molecule has 0 aliphatic heterocycles. The monoisotopic (exact) mass is 141 g/mol. The average molecular weight is 141 g/mol. The largest absolute Gasteiger partial charge is 0.330 e. The van der Waals surface area contributed by atoms with Crippen molar-refractivity contribution in [3.63, 3.8) is 0 Å². The molecular weight excluding hydrogens is 122 g/mol. The van der Waals surface area contributed by atoms with E-state index in [-0.39, 0.29) is 0 Å².